The molecule has 14 heteroatoms. The van der Waals surface area contributed by atoms with Crippen LogP contribution in [0.2, 0.25) is 0 Å². The van der Waals surface area contributed by atoms with Crippen LogP contribution in [0.1, 0.15) is 10.4 Å². The summed E-state index contributed by atoms with van der Waals surface area (Å²) in [4.78, 5) is 21.7. The van der Waals surface area contributed by atoms with Gasteiger partial charge < -0.3 is 18.9 Å². The fraction of sp³-hybridized carbons (Fsp3) is 0.156. The fourth-order valence-electron chi connectivity index (χ4n) is 5.19. The highest BCUT2D eigenvalue weighted by molar-refractivity contribution is 7.85. The van der Waals surface area contributed by atoms with Gasteiger partial charge in [0.25, 0.3) is 12.3 Å². The lowest BCUT2D eigenvalue weighted by Crippen LogP contribution is -2.30. The molecule has 1 amide bonds. The molecule has 46 heavy (non-hydrogen) atoms. The van der Waals surface area contributed by atoms with Crippen LogP contribution in [0.25, 0.3) is 56.1 Å². The number of carbonyl (C=O) groups is 1. The number of alkyl halides is 2. The normalized spacial score (nSPS) is 12.2. The summed E-state index contributed by atoms with van der Waals surface area (Å²) < 4.78 is 88.2. The second kappa shape index (κ2) is 12.3. The molecule has 0 spiro atoms. The maximum atomic E-state index is 15.8. The van der Waals surface area contributed by atoms with Crippen LogP contribution in [0.5, 0.6) is 5.75 Å². The Morgan fingerprint density at radius 1 is 1.02 bits per heavy atom. The van der Waals surface area contributed by atoms with Gasteiger partial charge in [0.15, 0.2) is 22.8 Å². The topological polar surface area (TPSA) is 111 Å². The predicted octanol–water partition coefficient (Wildman–Crippen LogP) is 6.98. The molecule has 3 aromatic heterocycles. The first-order valence-electron chi connectivity index (χ1n) is 13.7. The number of methoxy groups -OCH3 is 1. The largest absolute Gasteiger partial charge is 0.493 e. The first-order valence-corrected chi connectivity index (χ1v) is 15.2. The summed E-state index contributed by atoms with van der Waals surface area (Å²) in [6.07, 6.45) is -0.151. The average Bonchev–Trinajstić information content (AvgIpc) is 3.64. The molecule has 0 aliphatic rings. The zero-order valence-corrected chi connectivity index (χ0v) is 25.3. The lowest BCUT2D eigenvalue weighted by atomic mass is 9.96. The highest BCUT2D eigenvalue weighted by Crippen LogP contribution is 2.44. The zero-order valence-electron chi connectivity index (χ0n) is 24.4. The second-order valence-electron chi connectivity index (χ2n) is 10.0. The van der Waals surface area contributed by atoms with Crippen molar-refractivity contribution in [1.29, 1.82) is 0 Å². The number of nitrogens with zero attached hydrogens (tertiary/aromatic N) is 3. The number of benzene rings is 3. The molecule has 0 radical (unpaired) electrons. The van der Waals surface area contributed by atoms with Crippen molar-refractivity contribution in [3.05, 3.63) is 84.1 Å². The molecule has 1 unspecified atom stereocenters. The highest BCUT2D eigenvalue weighted by atomic mass is 32.2. The first kappa shape index (κ1) is 30.8. The monoisotopic (exact) mass is 652 g/mol. The third-order valence-electron chi connectivity index (χ3n) is 7.20. The number of aromatic nitrogens is 2. The summed E-state index contributed by atoms with van der Waals surface area (Å²) in [5.41, 5.74) is 1.48. The number of hydrogen-bond acceptors (Lipinski definition) is 7. The first-order chi connectivity index (χ1) is 22.1. The third-order valence-corrected chi connectivity index (χ3v) is 8.17. The summed E-state index contributed by atoms with van der Waals surface area (Å²) in [5, 5.41) is 2.79. The zero-order chi connectivity index (χ0) is 32.7. The van der Waals surface area contributed by atoms with E-state index in [1.54, 1.807) is 12.1 Å². The van der Waals surface area contributed by atoms with Crippen molar-refractivity contribution < 1.29 is 40.1 Å². The van der Waals surface area contributed by atoms with Gasteiger partial charge in [0.1, 0.15) is 28.1 Å². The van der Waals surface area contributed by atoms with Crippen molar-refractivity contribution in [2.45, 2.75) is 6.43 Å². The standard InChI is InChI=1S/C32H24F4N4O5S/c1-37-31(41)27-20-13-19(17-11-21(29(43-2)22(34)12-17)32-39-30-24(45-32)5-4-10-38-30)23(40(46(3)42)15-26(35)36)14-25(20)44-28(27)16-6-8-18(33)9-7-16/h4-14,26H,15H2,1-3H3,(H,37,41). The van der Waals surface area contributed by atoms with Crippen LogP contribution in [0.15, 0.2) is 75.7 Å². The van der Waals surface area contributed by atoms with E-state index in [0.29, 0.717) is 11.1 Å². The Bertz CT molecular complexity index is 2100. The van der Waals surface area contributed by atoms with Crippen molar-refractivity contribution in [1.82, 2.24) is 15.3 Å². The van der Waals surface area contributed by atoms with E-state index in [1.807, 2.05) is 0 Å². The molecule has 0 aliphatic carbocycles. The molecule has 1 atom stereocenters. The molecule has 3 heterocycles. The van der Waals surface area contributed by atoms with Gasteiger partial charge >= 0.3 is 0 Å². The molecular formula is C32H24F4N4O5S. The molecule has 9 nitrogen and oxygen atoms in total. The van der Waals surface area contributed by atoms with Crippen molar-refractivity contribution in [3.8, 4) is 39.7 Å². The van der Waals surface area contributed by atoms with E-state index in [-0.39, 0.29) is 62.0 Å². The number of furan rings is 1. The van der Waals surface area contributed by atoms with E-state index in [1.165, 1.54) is 69.1 Å². The Labute approximate surface area is 261 Å². The number of nitrogens with one attached hydrogen (secondary N) is 1. The predicted molar refractivity (Wildman–Crippen MR) is 165 cm³/mol. The van der Waals surface area contributed by atoms with Crippen molar-refractivity contribution in [3.63, 3.8) is 0 Å². The number of fused-ring (bicyclic) bond motifs is 2. The Morgan fingerprint density at radius 2 is 1.78 bits per heavy atom. The minimum atomic E-state index is -2.89. The van der Waals surface area contributed by atoms with Crippen molar-refractivity contribution in [2.24, 2.45) is 0 Å². The van der Waals surface area contributed by atoms with Crippen LogP contribution in [0, 0.1) is 11.6 Å². The number of oxazole rings is 1. The summed E-state index contributed by atoms with van der Waals surface area (Å²) in [6.45, 7) is -0.933. The number of halogens is 4. The number of anilines is 1. The number of rotatable bonds is 9. The lowest BCUT2D eigenvalue weighted by molar-refractivity contribution is 0.0964. The number of carbonyl (C=O) groups excluding carboxylic acids is 1. The van der Waals surface area contributed by atoms with E-state index in [4.69, 9.17) is 13.6 Å². The van der Waals surface area contributed by atoms with E-state index in [0.717, 1.165) is 10.4 Å². The third kappa shape index (κ3) is 5.55. The molecule has 3 aromatic carbocycles. The Morgan fingerprint density at radius 3 is 2.43 bits per heavy atom. The fourth-order valence-corrected chi connectivity index (χ4v) is 5.94. The smallest absolute Gasteiger partial charge is 0.256 e. The minimum absolute atomic E-state index is 0.00578. The van der Waals surface area contributed by atoms with Gasteiger partial charge in [-0.2, -0.15) is 4.98 Å². The van der Waals surface area contributed by atoms with Gasteiger partial charge in [-0.25, -0.2) is 26.8 Å². The number of hydrogen-bond donors (Lipinski definition) is 1. The maximum absolute atomic E-state index is 15.8. The van der Waals surface area contributed by atoms with Crippen LogP contribution in [0.3, 0.4) is 0 Å². The van der Waals surface area contributed by atoms with E-state index in [2.05, 4.69) is 15.3 Å². The SMILES string of the molecule is CNC(=O)c1c(-c2ccc(F)cc2)oc2cc(N(CC(F)F)S(C)=O)c(-c3cc(F)c(OC)c(-c4nc5ncccc5o4)c3)cc12. The highest BCUT2D eigenvalue weighted by Gasteiger charge is 2.28. The molecule has 0 saturated heterocycles. The van der Waals surface area contributed by atoms with Gasteiger partial charge in [0.2, 0.25) is 5.89 Å². The quantitative estimate of drug-likeness (QED) is 0.168. The molecule has 6 rings (SSSR count). The summed E-state index contributed by atoms with van der Waals surface area (Å²) in [6, 6.07) is 13.9. The number of ether oxygens (including phenoxy) is 1. The number of amides is 1. The summed E-state index contributed by atoms with van der Waals surface area (Å²) in [5.74, 6) is -2.04. The Kier molecular flexibility index (Phi) is 8.21. The van der Waals surface area contributed by atoms with Crippen LogP contribution in [-0.2, 0) is 11.0 Å². The second-order valence-corrected chi connectivity index (χ2v) is 11.3. The van der Waals surface area contributed by atoms with Crippen LogP contribution in [0.4, 0.5) is 23.2 Å². The van der Waals surface area contributed by atoms with E-state index < -0.39 is 41.5 Å². The van der Waals surface area contributed by atoms with Gasteiger partial charge in [-0.15, -0.1) is 0 Å². The van der Waals surface area contributed by atoms with Crippen LogP contribution >= 0.6 is 0 Å². The molecule has 6 aromatic rings. The summed E-state index contributed by atoms with van der Waals surface area (Å²) >= 11 is 0. The molecule has 1 N–H and O–H groups in total. The van der Waals surface area contributed by atoms with Crippen molar-refractivity contribution in [2.75, 3.05) is 31.3 Å². The molecule has 0 saturated carbocycles. The molecule has 236 valence electrons. The van der Waals surface area contributed by atoms with Gasteiger partial charge in [0.05, 0.1) is 30.5 Å². The van der Waals surface area contributed by atoms with E-state index >= 15 is 4.39 Å². The minimum Gasteiger partial charge on any atom is -0.493 e. The molecule has 0 aliphatic heterocycles. The van der Waals surface area contributed by atoms with Gasteiger partial charge in [-0.3, -0.25) is 9.10 Å². The van der Waals surface area contributed by atoms with E-state index in [9.17, 15) is 22.2 Å². The van der Waals surface area contributed by atoms with Gasteiger partial charge in [0, 0.05) is 42.1 Å². The molecular weight excluding hydrogens is 628 g/mol. The Hall–Kier alpha value is -5.24. The average molecular weight is 653 g/mol. The molecule has 0 fully saturated rings. The van der Waals surface area contributed by atoms with Crippen LogP contribution < -0.4 is 14.4 Å². The summed E-state index contributed by atoms with van der Waals surface area (Å²) in [7, 11) is 0.700. The van der Waals surface area contributed by atoms with Crippen LogP contribution in [-0.4, -0.2) is 53.5 Å². The molecule has 0 bridgehead atoms. The Balaban J connectivity index is 1.67. The van der Waals surface area contributed by atoms with Gasteiger partial charge in [-0.05, 0) is 60.2 Å². The van der Waals surface area contributed by atoms with Crippen molar-refractivity contribution >= 4 is 44.8 Å². The maximum Gasteiger partial charge on any atom is 0.256 e. The lowest BCUT2D eigenvalue weighted by Gasteiger charge is -2.24. The van der Waals surface area contributed by atoms with Gasteiger partial charge in [-0.1, -0.05) is 0 Å². The number of pyridine rings is 1.